The zero-order valence-corrected chi connectivity index (χ0v) is 16.9. The Morgan fingerprint density at radius 2 is 0.781 bits per heavy atom. The Labute approximate surface area is 185 Å². The summed E-state index contributed by atoms with van der Waals surface area (Å²) in [6.45, 7) is 0. The molecule has 0 aliphatic heterocycles. The van der Waals surface area contributed by atoms with Gasteiger partial charge >= 0.3 is 6.16 Å². The number of hydrogen-bond acceptors (Lipinski definition) is 5. The molecule has 0 unspecified atom stereocenters. The molecule has 4 aromatic rings. The van der Waals surface area contributed by atoms with E-state index in [1.165, 1.54) is 0 Å². The van der Waals surface area contributed by atoms with Crippen LogP contribution in [0.15, 0.2) is 97.1 Å². The van der Waals surface area contributed by atoms with Crippen LogP contribution in [0.5, 0.6) is 11.5 Å². The van der Waals surface area contributed by atoms with E-state index in [4.69, 9.17) is 20.0 Å². The van der Waals surface area contributed by atoms with Crippen LogP contribution in [0.3, 0.4) is 0 Å². The molecule has 0 amide bonds. The first kappa shape index (κ1) is 20.4. The molecule has 5 heteroatoms. The minimum absolute atomic E-state index is 0.363. The molecule has 0 aromatic heterocycles. The number of hydrogen-bond donors (Lipinski definition) is 0. The van der Waals surface area contributed by atoms with Crippen molar-refractivity contribution < 1.29 is 14.3 Å². The highest BCUT2D eigenvalue weighted by atomic mass is 16.7. The van der Waals surface area contributed by atoms with E-state index < -0.39 is 6.16 Å². The fourth-order valence-corrected chi connectivity index (χ4v) is 3.12. The summed E-state index contributed by atoms with van der Waals surface area (Å²) in [5.41, 5.74) is 4.99. The van der Waals surface area contributed by atoms with E-state index in [0.29, 0.717) is 22.6 Å². The van der Waals surface area contributed by atoms with Crippen LogP contribution in [0.2, 0.25) is 0 Å². The number of nitrogens with zero attached hydrogens (tertiary/aromatic N) is 2. The van der Waals surface area contributed by atoms with Crippen molar-refractivity contribution in [3.63, 3.8) is 0 Å². The maximum absolute atomic E-state index is 12.1. The largest absolute Gasteiger partial charge is 0.519 e. The van der Waals surface area contributed by atoms with Crippen molar-refractivity contribution in [2.45, 2.75) is 0 Å². The topological polar surface area (TPSA) is 83.1 Å². The zero-order valence-electron chi connectivity index (χ0n) is 16.9. The highest BCUT2D eigenvalue weighted by Crippen LogP contribution is 2.25. The second-order valence-electron chi connectivity index (χ2n) is 6.88. The molecule has 0 radical (unpaired) electrons. The van der Waals surface area contributed by atoms with Gasteiger partial charge in [-0.1, -0.05) is 48.5 Å². The highest BCUT2D eigenvalue weighted by molar-refractivity contribution is 5.70. The van der Waals surface area contributed by atoms with E-state index in [9.17, 15) is 4.79 Å². The third kappa shape index (κ3) is 4.81. The molecular formula is C27H16N2O3. The lowest BCUT2D eigenvalue weighted by Gasteiger charge is -2.08. The first-order valence-corrected chi connectivity index (χ1v) is 9.75. The molecule has 0 fully saturated rings. The smallest absolute Gasteiger partial charge is 0.395 e. The summed E-state index contributed by atoms with van der Waals surface area (Å²) in [6.07, 6.45) is -0.831. The highest BCUT2D eigenvalue weighted by Gasteiger charge is 2.09. The summed E-state index contributed by atoms with van der Waals surface area (Å²) in [7, 11) is 0. The molecular weight excluding hydrogens is 400 g/mol. The summed E-state index contributed by atoms with van der Waals surface area (Å²) >= 11 is 0. The van der Waals surface area contributed by atoms with Gasteiger partial charge in [-0.05, 0) is 70.8 Å². The van der Waals surface area contributed by atoms with Crippen LogP contribution >= 0.6 is 0 Å². The van der Waals surface area contributed by atoms with Gasteiger partial charge in [0, 0.05) is 0 Å². The van der Waals surface area contributed by atoms with Crippen molar-refractivity contribution in [1.29, 1.82) is 10.5 Å². The van der Waals surface area contributed by atoms with Gasteiger partial charge in [0.15, 0.2) is 0 Å². The predicted octanol–water partition coefficient (Wildman–Crippen LogP) is 6.34. The molecule has 0 saturated heterocycles. The van der Waals surface area contributed by atoms with Gasteiger partial charge in [0.1, 0.15) is 11.5 Å². The lowest BCUT2D eigenvalue weighted by molar-refractivity contribution is 0.152. The molecule has 4 rings (SSSR count). The van der Waals surface area contributed by atoms with Crippen LogP contribution in [0.25, 0.3) is 22.3 Å². The minimum Gasteiger partial charge on any atom is -0.395 e. The van der Waals surface area contributed by atoms with Crippen LogP contribution in [0, 0.1) is 22.7 Å². The predicted molar refractivity (Wildman–Crippen MR) is 120 cm³/mol. The van der Waals surface area contributed by atoms with Crippen molar-refractivity contribution in [2.75, 3.05) is 0 Å². The Hall–Kier alpha value is -4.87. The molecule has 0 saturated carbocycles. The minimum atomic E-state index is -0.831. The van der Waals surface area contributed by atoms with E-state index in [0.717, 1.165) is 22.3 Å². The molecule has 0 aliphatic carbocycles. The number of benzene rings is 4. The number of carbonyl (C=O) groups is 1. The summed E-state index contributed by atoms with van der Waals surface area (Å²) < 4.78 is 10.5. The van der Waals surface area contributed by atoms with Gasteiger partial charge in [0.2, 0.25) is 0 Å². The zero-order chi connectivity index (χ0) is 22.3. The Morgan fingerprint density at radius 1 is 0.500 bits per heavy atom. The molecule has 4 aromatic carbocycles. The number of ether oxygens (including phenoxy) is 2. The molecule has 0 atom stereocenters. The third-order valence-electron chi connectivity index (χ3n) is 4.81. The maximum atomic E-state index is 12.1. The molecule has 0 N–H and O–H groups in total. The van der Waals surface area contributed by atoms with E-state index >= 15 is 0 Å². The van der Waals surface area contributed by atoms with Crippen LogP contribution in [0.1, 0.15) is 11.1 Å². The van der Waals surface area contributed by atoms with Gasteiger partial charge in [-0.25, -0.2) is 4.79 Å². The lowest BCUT2D eigenvalue weighted by Crippen LogP contribution is -2.13. The number of rotatable bonds is 4. The standard InChI is InChI=1S/C27H16N2O3/c28-17-19-1-5-21(6-2-19)23-9-13-25(14-10-23)31-27(30)32-26-15-11-24(12-16-26)22-7-3-20(18-29)4-8-22/h1-16H. The molecule has 0 heterocycles. The first-order valence-electron chi connectivity index (χ1n) is 9.75. The summed E-state index contributed by atoms with van der Waals surface area (Å²) in [5, 5.41) is 17.8. The van der Waals surface area contributed by atoms with Crippen LogP contribution in [-0.2, 0) is 0 Å². The summed E-state index contributed by atoms with van der Waals surface area (Å²) in [4.78, 5) is 12.1. The molecule has 0 spiro atoms. The molecule has 152 valence electrons. The van der Waals surface area contributed by atoms with E-state index in [1.807, 2.05) is 48.5 Å². The van der Waals surface area contributed by atoms with Crippen molar-refractivity contribution in [3.05, 3.63) is 108 Å². The van der Waals surface area contributed by atoms with Gasteiger partial charge in [-0.3, -0.25) is 0 Å². The monoisotopic (exact) mass is 416 g/mol. The second-order valence-corrected chi connectivity index (χ2v) is 6.88. The summed E-state index contributed by atoms with van der Waals surface area (Å²) in [5.74, 6) is 0.725. The van der Waals surface area contributed by atoms with Crippen molar-refractivity contribution in [2.24, 2.45) is 0 Å². The molecule has 0 aliphatic rings. The lowest BCUT2D eigenvalue weighted by atomic mass is 10.0. The maximum Gasteiger partial charge on any atom is 0.519 e. The van der Waals surface area contributed by atoms with Gasteiger partial charge < -0.3 is 9.47 Å². The molecule has 5 nitrogen and oxygen atoms in total. The fourth-order valence-electron chi connectivity index (χ4n) is 3.12. The van der Waals surface area contributed by atoms with Crippen LogP contribution in [0.4, 0.5) is 4.79 Å². The summed E-state index contributed by atoms with van der Waals surface area (Å²) in [6, 6.07) is 32.7. The molecule has 0 bridgehead atoms. The fraction of sp³-hybridized carbons (Fsp3) is 0. The van der Waals surface area contributed by atoms with Gasteiger partial charge in [0.25, 0.3) is 0 Å². The van der Waals surface area contributed by atoms with E-state index in [-0.39, 0.29) is 0 Å². The van der Waals surface area contributed by atoms with Crippen molar-refractivity contribution in [3.8, 4) is 45.9 Å². The van der Waals surface area contributed by atoms with Gasteiger partial charge in [-0.15, -0.1) is 0 Å². The van der Waals surface area contributed by atoms with Crippen LogP contribution < -0.4 is 9.47 Å². The second kappa shape index (κ2) is 9.30. The Balaban J connectivity index is 1.36. The van der Waals surface area contributed by atoms with Gasteiger partial charge in [-0.2, -0.15) is 10.5 Å². The third-order valence-corrected chi connectivity index (χ3v) is 4.81. The van der Waals surface area contributed by atoms with Crippen LogP contribution in [-0.4, -0.2) is 6.16 Å². The van der Waals surface area contributed by atoms with Gasteiger partial charge in [0.05, 0.1) is 23.3 Å². The van der Waals surface area contributed by atoms with Crippen molar-refractivity contribution >= 4 is 6.16 Å². The van der Waals surface area contributed by atoms with E-state index in [1.54, 1.807) is 48.5 Å². The average molecular weight is 416 g/mol. The Morgan fingerprint density at radius 3 is 1.06 bits per heavy atom. The quantitative estimate of drug-likeness (QED) is 0.286. The number of carbonyl (C=O) groups excluding carboxylic acids is 1. The first-order chi connectivity index (χ1) is 15.6. The van der Waals surface area contributed by atoms with E-state index in [2.05, 4.69) is 12.1 Å². The SMILES string of the molecule is N#Cc1ccc(-c2ccc(OC(=O)Oc3ccc(-c4ccc(C#N)cc4)cc3)cc2)cc1. The Kier molecular flexibility index (Phi) is 5.93. The van der Waals surface area contributed by atoms with Crippen molar-refractivity contribution in [1.82, 2.24) is 0 Å². The average Bonchev–Trinajstić information content (AvgIpc) is 2.85. The molecule has 32 heavy (non-hydrogen) atoms. The number of nitriles is 2. The Bertz CT molecular complexity index is 1210. The normalized spacial score (nSPS) is 9.94.